The quantitative estimate of drug-likeness (QED) is 0.893. The standard InChI is InChI=1S/C18H25N5S/c19-17-7-6-14(11-20-17)21-13-3-2-9-23(10-8-13)12-18-22-15-4-1-5-16(15)24-18/h6-7,11,13,21H,1-5,8-10,12H2,(H2,19,20)/t13-/m1/s1. The van der Waals surface area contributed by atoms with E-state index in [-0.39, 0.29) is 0 Å². The molecule has 2 aliphatic rings. The summed E-state index contributed by atoms with van der Waals surface area (Å²) < 4.78 is 0. The molecule has 1 aliphatic heterocycles. The average Bonchev–Trinajstić information content (AvgIpc) is 3.08. The smallest absolute Gasteiger partial charge is 0.123 e. The molecule has 3 heterocycles. The van der Waals surface area contributed by atoms with Crippen molar-refractivity contribution in [3.63, 3.8) is 0 Å². The summed E-state index contributed by atoms with van der Waals surface area (Å²) in [5.41, 5.74) is 8.10. The van der Waals surface area contributed by atoms with Crippen molar-refractivity contribution in [3.05, 3.63) is 33.9 Å². The maximum absolute atomic E-state index is 5.65. The highest BCUT2D eigenvalue weighted by Gasteiger charge is 2.21. The molecule has 5 nitrogen and oxygen atoms in total. The number of aryl methyl sites for hydroxylation is 2. The molecule has 0 radical (unpaired) electrons. The van der Waals surface area contributed by atoms with Gasteiger partial charge in [-0.15, -0.1) is 11.3 Å². The molecule has 1 saturated heterocycles. The van der Waals surface area contributed by atoms with E-state index >= 15 is 0 Å². The van der Waals surface area contributed by atoms with Crippen LogP contribution in [0.4, 0.5) is 11.5 Å². The summed E-state index contributed by atoms with van der Waals surface area (Å²) in [6.07, 6.45) is 9.15. The summed E-state index contributed by atoms with van der Waals surface area (Å²) >= 11 is 1.94. The number of fused-ring (bicyclic) bond motifs is 1. The summed E-state index contributed by atoms with van der Waals surface area (Å²) in [7, 11) is 0. The molecule has 0 aromatic carbocycles. The number of nitrogens with two attached hydrogens (primary N) is 1. The van der Waals surface area contributed by atoms with Gasteiger partial charge in [-0.3, -0.25) is 4.90 Å². The van der Waals surface area contributed by atoms with Crippen LogP contribution in [-0.2, 0) is 19.4 Å². The molecule has 0 amide bonds. The molecule has 128 valence electrons. The first-order valence-electron chi connectivity index (χ1n) is 8.94. The van der Waals surface area contributed by atoms with Gasteiger partial charge in [-0.05, 0) is 57.2 Å². The van der Waals surface area contributed by atoms with Gasteiger partial charge in [-0.25, -0.2) is 9.97 Å². The van der Waals surface area contributed by atoms with Gasteiger partial charge in [0.25, 0.3) is 0 Å². The van der Waals surface area contributed by atoms with Crippen LogP contribution in [0.2, 0.25) is 0 Å². The van der Waals surface area contributed by atoms with Crippen molar-refractivity contribution in [2.75, 3.05) is 24.1 Å². The second kappa shape index (κ2) is 7.07. The van der Waals surface area contributed by atoms with Gasteiger partial charge < -0.3 is 11.1 Å². The van der Waals surface area contributed by atoms with Crippen molar-refractivity contribution in [1.29, 1.82) is 0 Å². The Kier molecular flexibility index (Phi) is 4.67. The molecular weight excluding hydrogens is 318 g/mol. The molecule has 3 N–H and O–H groups in total. The van der Waals surface area contributed by atoms with Gasteiger partial charge in [0.15, 0.2) is 0 Å². The van der Waals surface area contributed by atoms with Crippen LogP contribution in [0.25, 0.3) is 0 Å². The zero-order chi connectivity index (χ0) is 16.4. The second-order valence-electron chi connectivity index (χ2n) is 6.85. The van der Waals surface area contributed by atoms with Gasteiger partial charge in [0.1, 0.15) is 10.8 Å². The fourth-order valence-electron chi connectivity index (χ4n) is 3.69. The number of aromatic nitrogens is 2. The third-order valence-electron chi connectivity index (χ3n) is 4.98. The van der Waals surface area contributed by atoms with Crippen LogP contribution in [0, 0.1) is 0 Å². The minimum atomic E-state index is 0.515. The van der Waals surface area contributed by atoms with Crippen molar-refractivity contribution in [2.24, 2.45) is 0 Å². The lowest BCUT2D eigenvalue weighted by Crippen LogP contribution is -2.26. The molecule has 0 bridgehead atoms. The van der Waals surface area contributed by atoms with E-state index in [1.807, 2.05) is 29.7 Å². The van der Waals surface area contributed by atoms with Gasteiger partial charge >= 0.3 is 0 Å². The fraction of sp³-hybridized carbons (Fsp3) is 0.556. The SMILES string of the molecule is Nc1ccc(N[C@@H]2CCCN(Cc3nc4c(s3)CCC4)CC2)cn1. The van der Waals surface area contributed by atoms with Crippen LogP contribution in [-0.4, -0.2) is 34.0 Å². The molecule has 0 spiro atoms. The number of nitrogens with one attached hydrogen (secondary N) is 1. The Bertz CT molecular complexity index is 660. The van der Waals surface area contributed by atoms with Crippen LogP contribution in [0.15, 0.2) is 18.3 Å². The lowest BCUT2D eigenvalue weighted by atomic mass is 10.1. The minimum Gasteiger partial charge on any atom is -0.384 e. The van der Waals surface area contributed by atoms with Gasteiger partial charge in [0.2, 0.25) is 0 Å². The van der Waals surface area contributed by atoms with E-state index in [0.29, 0.717) is 11.9 Å². The molecule has 0 unspecified atom stereocenters. The number of likely N-dealkylation sites (tertiary alicyclic amines) is 1. The molecule has 0 saturated carbocycles. The third kappa shape index (κ3) is 3.70. The molecule has 24 heavy (non-hydrogen) atoms. The number of nitrogens with zero attached hydrogens (tertiary/aromatic N) is 3. The van der Waals surface area contributed by atoms with Crippen LogP contribution in [0.5, 0.6) is 0 Å². The number of hydrogen-bond acceptors (Lipinski definition) is 6. The summed E-state index contributed by atoms with van der Waals surface area (Å²) in [4.78, 5) is 13.1. The molecule has 4 rings (SSSR count). The highest BCUT2D eigenvalue weighted by molar-refractivity contribution is 7.11. The first kappa shape index (κ1) is 15.8. The highest BCUT2D eigenvalue weighted by Crippen LogP contribution is 2.28. The summed E-state index contributed by atoms with van der Waals surface area (Å²) in [6.45, 7) is 3.32. The number of thiazole rings is 1. The van der Waals surface area contributed by atoms with E-state index in [2.05, 4.69) is 15.2 Å². The summed E-state index contributed by atoms with van der Waals surface area (Å²) in [5.74, 6) is 0.572. The first-order chi connectivity index (χ1) is 11.8. The average molecular weight is 344 g/mol. The van der Waals surface area contributed by atoms with E-state index < -0.39 is 0 Å². The number of pyridine rings is 1. The Morgan fingerprint density at radius 1 is 1.21 bits per heavy atom. The highest BCUT2D eigenvalue weighted by atomic mass is 32.1. The van der Waals surface area contributed by atoms with Crippen molar-refractivity contribution in [3.8, 4) is 0 Å². The van der Waals surface area contributed by atoms with Crippen molar-refractivity contribution < 1.29 is 0 Å². The third-order valence-corrected chi connectivity index (χ3v) is 6.12. The Balaban J connectivity index is 1.31. The van der Waals surface area contributed by atoms with Crippen molar-refractivity contribution in [1.82, 2.24) is 14.9 Å². The van der Waals surface area contributed by atoms with E-state index in [0.717, 1.165) is 25.2 Å². The normalized spacial score (nSPS) is 21.4. The van der Waals surface area contributed by atoms with Crippen LogP contribution < -0.4 is 11.1 Å². The molecule has 2 aromatic heterocycles. The predicted molar refractivity (Wildman–Crippen MR) is 99.3 cm³/mol. The van der Waals surface area contributed by atoms with Crippen LogP contribution in [0.3, 0.4) is 0 Å². The Morgan fingerprint density at radius 2 is 2.17 bits per heavy atom. The van der Waals surface area contributed by atoms with Gasteiger partial charge in [0, 0.05) is 17.5 Å². The summed E-state index contributed by atoms with van der Waals surface area (Å²) in [6, 6.07) is 4.39. The summed E-state index contributed by atoms with van der Waals surface area (Å²) in [5, 5.41) is 4.92. The van der Waals surface area contributed by atoms with E-state index in [1.165, 1.54) is 54.2 Å². The Labute approximate surface area is 147 Å². The maximum Gasteiger partial charge on any atom is 0.123 e. The zero-order valence-corrected chi connectivity index (χ0v) is 14.8. The second-order valence-corrected chi connectivity index (χ2v) is 8.02. The molecule has 6 heteroatoms. The lowest BCUT2D eigenvalue weighted by molar-refractivity contribution is 0.275. The minimum absolute atomic E-state index is 0.515. The number of rotatable bonds is 4. The topological polar surface area (TPSA) is 67.1 Å². The molecular formula is C18H25N5S. The molecule has 1 fully saturated rings. The largest absolute Gasteiger partial charge is 0.384 e. The molecule has 1 aliphatic carbocycles. The Hall–Kier alpha value is -1.66. The Morgan fingerprint density at radius 3 is 3.00 bits per heavy atom. The van der Waals surface area contributed by atoms with Gasteiger partial charge in [-0.1, -0.05) is 0 Å². The van der Waals surface area contributed by atoms with E-state index in [1.54, 1.807) is 0 Å². The first-order valence-corrected chi connectivity index (χ1v) is 9.76. The van der Waals surface area contributed by atoms with Crippen molar-refractivity contribution >= 4 is 22.8 Å². The monoisotopic (exact) mass is 343 g/mol. The zero-order valence-electron chi connectivity index (χ0n) is 14.0. The van der Waals surface area contributed by atoms with Crippen molar-refractivity contribution in [2.45, 2.75) is 51.1 Å². The number of hydrogen-bond donors (Lipinski definition) is 2. The number of nitrogen functional groups attached to an aromatic ring is 1. The predicted octanol–water partition coefficient (Wildman–Crippen LogP) is 3.08. The van der Waals surface area contributed by atoms with E-state index in [4.69, 9.17) is 10.7 Å². The van der Waals surface area contributed by atoms with E-state index in [9.17, 15) is 0 Å². The maximum atomic E-state index is 5.65. The molecule has 2 aromatic rings. The van der Waals surface area contributed by atoms with Crippen LogP contribution in [0.1, 0.15) is 41.3 Å². The van der Waals surface area contributed by atoms with Crippen LogP contribution >= 0.6 is 11.3 Å². The molecule has 1 atom stereocenters. The fourth-order valence-corrected chi connectivity index (χ4v) is 4.89. The van der Waals surface area contributed by atoms with Gasteiger partial charge in [-0.2, -0.15) is 0 Å². The lowest BCUT2D eigenvalue weighted by Gasteiger charge is -2.19. The van der Waals surface area contributed by atoms with Gasteiger partial charge in [0.05, 0.1) is 24.1 Å². The number of anilines is 2.